The molecule has 0 saturated carbocycles. The van der Waals surface area contributed by atoms with Gasteiger partial charge in [-0.2, -0.15) is 0 Å². The van der Waals surface area contributed by atoms with Crippen LogP contribution in [0.25, 0.3) is 10.2 Å². The van der Waals surface area contributed by atoms with Crippen molar-refractivity contribution < 1.29 is 28.5 Å². The number of ether oxygens (including phenoxy) is 5. The third-order valence-electron chi connectivity index (χ3n) is 5.64. The molecule has 2 aromatic carbocycles. The van der Waals surface area contributed by atoms with Gasteiger partial charge in [0.25, 0.3) is 5.91 Å². The summed E-state index contributed by atoms with van der Waals surface area (Å²) in [6.07, 6.45) is 0. The minimum Gasteiger partial charge on any atom is -0.493 e. The van der Waals surface area contributed by atoms with E-state index in [-0.39, 0.29) is 5.91 Å². The third kappa shape index (κ3) is 4.18. The number of nitrogens with zero attached hydrogens (tertiary/aromatic N) is 3. The van der Waals surface area contributed by atoms with Crippen molar-refractivity contribution in [2.24, 2.45) is 0 Å². The van der Waals surface area contributed by atoms with E-state index in [4.69, 9.17) is 28.7 Å². The van der Waals surface area contributed by atoms with Crippen molar-refractivity contribution in [2.75, 3.05) is 66.6 Å². The highest BCUT2D eigenvalue weighted by Gasteiger charge is 2.26. The van der Waals surface area contributed by atoms with Gasteiger partial charge in [0.15, 0.2) is 28.1 Å². The molecule has 1 aliphatic heterocycles. The Bertz CT molecular complexity index is 1130. The van der Waals surface area contributed by atoms with Crippen molar-refractivity contribution in [3.05, 3.63) is 29.8 Å². The lowest BCUT2D eigenvalue weighted by molar-refractivity contribution is 0.0746. The summed E-state index contributed by atoms with van der Waals surface area (Å²) >= 11 is 1.60. The first-order valence-corrected chi connectivity index (χ1v) is 11.2. The highest BCUT2D eigenvalue weighted by molar-refractivity contribution is 7.22. The normalized spacial score (nSPS) is 13.7. The molecule has 0 spiro atoms. The molecule has 3 aromatic rings. The van der Waals surface area contributed by atoms with Crippen LogP contribution in [0.5, 0.6) is 28.7 Å². The number of carbonyl (C=O) groups is 1. The first-order valence-electron chi connectivity index (χ1n) is 10.4. The summed E-state index contributed by atoms with van der Waals surface area (Å²) in [6.45, 7) is 2.50. The Labute approximate surface area is 196 Å². The van der Waals surface area contributed by atoms with E-state index in [0.29, 0.717) is 60.5 Å². The van der Waals surface area contributed by atoms with Crippen LogP contribution in [-0.4, -0.2) is 77.5 Å². The highest BCUT2D eigenvalue weighted by Crippen LogP contribution is 2.41. The molecular formula is C23H27N3O6S. The van der Waals surface area contributed by atoms with Gasteiger partial charge < -0.3 is 33.5 Å². The molecule has 9 nitrogen and oxygen atoms in total. The number of hydrogen-bond acceptors (Lipinski definition) is 9. The first kappa shape index (κ1) is 22.8. The Morgan fingerprint density at radius 1 is 0.818 bits per heavy atom. The maximum Gasteiger partial charge on any atom is 0.254 e. The molecule has 4 rings (SSSR count). The fraction of sp³-hybridized carbons (Fsp3) is 0.391. The molecule has 0 aliphatic carbocycles. The van der Waals surface area contributed by atoms with Crippen LogP contribution in [0, 0.1) is 0 Å². The van der Waals surface area contributed by atoms with Crippen LogP contribution in [0.15, 0.2) is 24.3 Å². The van der Waals surface area contributed by atoms with Crippen molar-refractivity contribution in [3.63, 3.8) is 0 Å². The van der Waals surface area contributed by atoms with Gasteiger partial charge in [-0.05, 0) is 24.3 Å². The van der Waals surface area contributed by atoms with Gasteiger partial charge in [-0.25, -0.2) is 4.98 Å². The molecule has 1 aromatic heterocycles. The van der Waals surface area contributed by atoms with Crippen molar-refractivity contribution >= 4 is 32.6 Å². The van der Waals surface area contributed by atoms with Crippen molar-refractivity contribution in [3.8, 4) is 28.7 Å². The maximum absolute atomic E-state index is 13.2. The molecular weight excluding hydrogens is 446 g/mol. The number of benzene rings is 2. The summed E-state index contributed by atoms with van der Waals surface area (Å²) < 4.78 is 28.1. The van der Waals surface area contributed by atoms with Crippen LogP contribution in [0.4, 0.5) is 5.13 Å². The lowest BCUT2D eigenvalue weighted by Gasteiger charge is -2.34. The minimum absolute atomic E-state index is 0.0791. The summed E-state index contributed by atoms with van der Waals surface area (Å²) in [5, 5.41) is 0.899. The Morgan fingerprint density at radius 3 is 1.97 bits per heavy atom. The zero-order valence-corrected chi connectivity index (χ0v) is 20.2. The predicted molar refractivity (Wildman–Crippen MR) is 127 cm³/mol. The summed E-state index contributed by atoms with van der Waals surface area (Å²) in [7, 11) is 7.83. The van der Waals surface area contributed by atoms with E-state index < -0.39 is 0 Å². The third-order valence-corrected chi connectivity index (χ3v) is 6.72. The standard InChI is InChI=1S/C23H27N3O6S/c1-28-15-6-7-18-19(21(15)32-5)24-23(33-18)26-10-8-25(9-11-26)22(27)14-12-16(29-2)20(31-4)17(13-14)30-3/h6-7,12-13H,8-11H2,1-5H3. The van der Waals surface area contributed by atoms with Crippen LogP contribution in [0.2, 0.25) is 0 Å². The molecule has 0 atom stereocenters. The Morgan fingerprint density at radius 2 is 1.42 bits per heavy atom. The molecule has 0 radical (unpaired) electrons. The molecule has 176 valence electrons. The number of hydrogen-bond donors (Lipinski definition) is 0. The minimum atomic E-state index is -0.0791. The SMILES string of the molecule is COc1cc(C(=O)N2CCN(c3nc4c(OC)c(OC)ccc4s3)CC2)cc(OC)c1OC. The molecule has 0 unspecified atom stereocenters. The number of anilines is 1. The number of amides is 1. The largest absolute Gasteiger partial charge is 0.493 e. The second-order valence-corrected chi connectivity index (χ2v) is 8.35. The van der Waals surface area contributed by atoms with E-state index in [0.717, 1.165) is 15.3 Å². The number of thiazole rings is 1. The van der Waals surface area contributed by atoms with Gasteiger partial charge in [-0.3, -0.25) is 4.79 Å². The Balaban J connectivity index is 1.51. The fourth-order valence-corrected chi connectivity index (χ4v) is 4.94. The number of piperazine rings is 1. The van der Waals surface area contributed by atoms with E-state index in [1.54, 1.807) is 37.7 Å². The Hall–Kier alpha value is -3.40. The van der Waals surface area contributed by atoms with E-state index in [1.807, 2.05) is 17.0 Å². The number of methoxy groups -OCH3 is 5. The van der Waals surface area contributed by atoms with Gasteiger partial charge in [-0.15, -0.1) is 0 Å². The van der Waals surface area contributed by atoms with Gasteiger partial charge in [0.1, 0.15) is 5.52 Å². The van der Waals surface area contributed by atoms with Crippen LogP contribution in [-0.2, 0) is 0 Å². The quantitative estimate of drug-likeness (QED) is 0.517. The van der Waals surface area contributed by atoms with Crippen molar-refractivity contribution in [1.82, 2.24) is 9.88 Å². The van der Waals surface area contributed by atoms with Gasteiger partial charge in [0.2, 0.25) is 5.75 Å². The smallest absolute Gasteiger partial charge is 0.254 e. The summed E-state index contributed by atoms with van der Waals surface area (Å²) in [5.74, 6) is 2.58. The van der Waals surface area contributed by atoms with Crippen LogP contribution >= 0.6 is 11.3 Å². The van der Waals surface area contributed by atoms with Gasteiger partial charge in [0, 0.05) is 31.7 Å². The molecule has 1 saturated heterocycles. The monoisotopic (exact) mass is 473 g/mol. The van der Waals surface area contributed by atoms with E-state index in [2.05, 4.69) is 4.90 Å². The van der Waals surface area contributed by atoms with E-state index in [9.17, 15) is 4.79 Å². The lowest BCUT2D eigenvalue weighted by atomic mass is 10.1. The van der Waals surface area contributed by atoms with Crippen molar-refractivity contribution in [1.29, 1.82) is 0 Å². The molecule has 0 bridgehead atoms. The van der Waals surface area contributed by atoms with E-state index in [1.165, 1.54) is 21.3 Å². The highest BCUT2D eigenvalue weighted by atomic mass is 32.1. The average molecular weight is 474 g/mol. The molecule has 2 heterocycles. The number of rotatable bonds is 7. The molecule has 1 fully saturated rings. The molecule has 1 amide bonds. The van der Waals surface area contributed by atoms with Gasteiger partial charge in [-0.1, -0.05) is 11.3 Å². The maximum atomic E-state index is 13.2. The van der Waals surface area contributed by atoms with Crippen LogP contribution in [0.1, 0.15) is 10.4 Å². The molecule has 33 heavy (non-hydrogen) atoms. The molecule has 10 heteroatoms. The van der Waals surface area contributed by atoms with Gasteiger partial charge in [0.05, 0.1) is 40.2 Å². The lowest BCUT2D eigenvalue weighted by Crippen LogP contribution is -2.48. The Kier molecular flexibility index (Phi) is 6.64. The topological polar surface area (TPSA) is 82.6 Å². The fourth-order valence-electron chi connectivity index (χ4n) is 3.92. The zero-order valence-electron chi connectivity index (χ0n) is 19.3. The molecule has 0 N–H and O–H groups in total. The average Bonchev–Trinajstić information content (AvgIpc) is 3.31. The number of carbonyl (C=O) groups excluding carboxylic acids is 1. The molecule has 1 aliphatic rings. The second-order valence-electron chi connectivity index (χ2n) is 7.34. The zero-order chi connectivity index (χ0) is 23.5. The first-order chi connectivity index (χ1) is 16.0. The summed E-state index contributed by atoms with van der Waals surface area (Å²) in [6, 6.07) is 7.24. The second kappa shape index (κ2) is 9.62. The van der Waals surface area contributed by atoms with E-state index >= 15 is 0 Å². The van der Waals surface area contributed by atoms with Crippen LogP contribution < -0.4 is 28.6 Å². The van der Waals surface area contributed by atoms with Crippen LogP contribution in [0.3, 0.4) is 0 Å². The number of aromatic nitrogens is 1. The summed E-state index contributed by atoms with van der Waals surface area (Å²) in [4.78, 5) is 22.0. The number of fused-ring (bicyclic) bond motifs is 1. The summed E-state index contributed by atoms with van der Waals surface area (Å²) in [5.41, 5.74) is 1.28. The predicted octanol–water partition coefficient (Wildman–Crippen LogP) is 3.30. The van der Waals surface area contributed by atoms with Gasteiger partial charge >= 0.3 is 0 Å². The van der Waals surface area contributed by atoms with Crippen molar-refractivity contribution in [2.45, 2.75) is 0 Å².